The first-order valence-corrected chi connectivity index (χ1v) is 7.83. The number of nitrogens with zero attached hydrogens (tertiary/aromatic N) is 2. The molecule has 0 spiro atoms. The molecule has 0 aliphatic heterocycles. The summed E-state index contributed by atoms with van der Waals surface area (Å²) in [7, 11) is -4.25. The molecule has 3 rings (SSSR count). The Bertz CT molecular complexity index is 993. The molecular weight excluding hydrogens is 304 g/mol. The van der Waals surface area contributed by atoms with Gasteiger partial charge in [0.05, 0.1) is 22.0 Å². The highest BCUT2D eigenvalue weighted by Crippen LogP contribution is 2.26. The van der Waals surface area contributed by atoms with E-state index in [2.05, 4.69) is 5.10 Å². The highest BCUT2D eigenvalue weighted by atomic mass is 32.2. The molecule has 2 aromatic carbocycles. The van der Waals surface area contributed by atoms with E-state index < -0.39 is 10.1 Å². The van der Waals surface area contributed by atoms with Gasteiger partial charge in [0.25, 0.3) is 10.1 Å². The van der Waals surface area contributed by atoms with Crippen LogP contribution in [0.25, 0.3) is 16.5 Å². The van der Waals surface area contributed by atoms with Crippen molar-refractivity contribution >= 4 is 32.4 Å². The minimum Gasteiger partial charge on any atom is -0.394 e. The lowest BCUT2D eigenvalue weighted by Crippen LogP contribution is -2.03. The first kappa shape index (κ1) is 14.4. The van der Waals surface area contributed by atoms with Gasteiger partial charge < -0.3 is 11.5 Å². The molecule has 0 radical (unpaired) electrons. The van der Waals surface area contributed by atoms with Crippen LogP contribution < -0.4 is 11.5 Å². The van der Waals surface area contributed by atoms with Crippen molar-refractivity contribution in [3.63, 3.8) is 0 Å². The zero-order chi connectivity index (χ0) is 16.1. The molecule has 0 aliphatic rings. The lowest BCUT2D eigenvalue weighted by Gasteiger charge is -2.07. The van der Waals surface area contributed by atoms with E-state index in [0.717, 1.165) is 5.39 Å². The fourth-order valence-corrected chi connectivity index (χ4v) is 2.77. The molecule has 1 heterocycles. The second-order valence-corrected chi connectivity index (χ2v) is 6.39. The maximum absolute atomic E-state index is 11.2. The Morgan fingerprint density at radius 1 is 1.09 bits per heavy atom. The Morgan fingerprint density at radius 3 is 2.36 bits per heavy atom. The summed E-state index contributed by atoms with van der Waals surface area (Å²) >= 11 is 0. The fourth-order valence-electron chi connectivity index (χ4n) is 2.26. The smallest absolute Gasteiger partial charge is 0.294 e. The second-order valence-electron chi connectivity index (χ2n) is 4.96. The Kier molecular flexibility index (Phi) is 3.08. The van der Waals surface area contributed by atoms with Crippen LogP contribution >= 0.6 is 0 Å². The SMILES string of the molecule is Cc1nn(-c2ccc3ccc(S(=O)(=O)O)cc3c2)c(N)c1N. The molecule has 0 fully saturated rings. The highest BCUT2D eigenvalue weighted by molar-refractivity contribution is 7.85. The Balaban J connectivity index is 2.22. The Labute approximate surface area is 126 Å². The Morgan fingerprint density at radius 2 is 1.77 bits per heavy atom. The van der Waals surface area contributed by atoms with Crippen molar-refractivity contribution in [2.75, 3.05) is 11.5 Å². The predicted octanol–water partition coefficient (Wildman–Crippen LogP) is 1.75. The van der Waals surface area contributed by atoms with Gasteiger partial charge >= 0.3 is 0 Å². The van der Waals surface area contributed by atoms with Crippen molar-refractivity contribution in [2.45, 2.75) is 11.8 Å². The quantitative estimate of drug-likeness (QED) is 0.618. The Hall–Kier alpha value is -2.58. The third-order valence-corrected chi connectivity index (χ3v) is 4.33. The monoisotopic (exact) mass is 318 g/mol. The molecule has 3 aromatic rings. The van der Waals surface area contributed by atoms with E-state index in [1.54, 1.807) is 25.1 Å². The van der Waals surface area contributed by atoms with Crippen LogP contribution in [-0.2, 0) is 10.1 Å². The summed E-state index contributed by atoms with van der Waals surface area (Å²) in [4.78, 5) is -0.165. The van der Waals surface area contributed by atoms with Crippen molar-refractivity contribution in [3.8, 4) is 5.69 Å². The van der Waals surface area contributed by atoms with Crippen molar-refractivity contribution < 1.29 is 13.0 Å². The van der Waals surface area contributed by atoms with Crippen molar-refractivity contribution in [3.05, 3.63) is 42.1 Å². The molecule has 114 valence electrons. The van der Waals surface area contributed by atoms with Crippen LogP contribution in [0.2, 0.25) is 0 Å². The van der Waals surface area contributed by atoms with Gasteiger partial charge in [-0.2, -0.15) is 13.5 Å². The van der Waals surface area contributed by atoms with Crippen molar-refractivity contribution in [1.29, 1.82) is 0 Å². The number of nitrogen functional groups attached to an aromatic ring is 2. The van der Waals surface area contributed by atoms with Crippen LogP contribution in [0.1, 0.15) is 5.69 Å². The number of anilines is 2. The lowest BCUT2D eigenvalue weighted by atomic mass is 10.1. The number of rotatable bonds is 2. The van der Waals surface area contributed by atoms with Crippen molar-refractivity contribution in [1.82, 2.24) is 9.78 Å². The van der Waals surface area contributed by atoms with E-state index in [1.165, 1.54) is 16.8 Å². The molecule has 0 unspecified atom stereocenters. The minimum absolute atomic E-state index is 0.165. The van der Waals surface area contributed by atoms with E-state index in [1.807, 2.05) is 6.07 Å². The number of nitrogens with two attached hydrogens (primary N) is 2. The number of fused-ring (bicyclic) bond motifs is 1. The molecule has 7 nitrogen and oxygen atoms in total. The molecule has 1 aromatic heterocycles. The maximum Gasteiger partial charge on any atom is 0.294 e. The zero-order valence-electron chi connectivity index (χ0n) is 11.7. The summed E-state index contributed by atoms with van der Waals surface area (Å²) in [5.74, 6) is 0.322. The van der Waals surface area contributed by atoms with E-state index in [4.69, 9.17) is 16.0 Å². The predicted molar refractivity (Wildman–Crippen MR) is 84.4 cm³/mol. The van der Waals surface area contributed by atoms with Gasteiger partial charge in [0, 0.05) is 0 Å². The van der Waals surface area contributed by atoms with Crippen LogP contribution in [0.4, 0.5) is 11.5 Å². The standard InChI is InChI=1S/C14H14N4O3S/c1-8-13(15)14(16)18(17-8)11-4-2-9-3-5-12(22(19,20)21)7-10(9)6-11/h2-7H,15-16H2,1H3,(H,19,20,21). The highest BCUT2D eigenvalue weighted by Gasteiger charge is 2.13. The average molecular weight is 318 g/mol. The molecule has 0 amide bonds. The molecule has 22 heavy (non-hydrogen) atoms. The maximum atomic E-state index is 11.2. The first-order chi connectivity index (χ1) is 10.3. The van der Waals surface area contributed by atoms with E-state index in [9.17, 15) is 8.42 Å². The van der Waals surface area contributed by atoms with Crippen LogP contribution in [0.5, 0.6) is 0 Å². The molecule has 0 saturated carbocycles. The van der Waals surface area contributed by atoms with Gasteiger partial charge in [-0.15, -0.1) is 0 Å². The van der Waals surface area contributed by atoms with Gasteiger partial charge in [0.2, 0.25) is 0 Å². The van der Waals surface area contributed by atoms with Crippen LogP contribution in [0, 0.1) is 6.92 Å². The molecule has 8 heteroatoms. The summed E-state index contributed by atoms with van der Waals surface area (Å²) in [5, 5.41) is 5.72. The fraction of sp³-hybridized carbons (Fsp3) is 0.0714. The van der Waals surface area contributed by atoms with Crippen molar-refractivity contribution in [2.24, 2.45) is 0 Å². The summed E-state index contributed by atoms with van der Waals surface area (Å²) in [6.45, 7) is 1.75. The molecule has 0 saturated heterocycles. The number of hydrogen-bond acceptors (Lipinski definition) is 5. The average Bonchev–Trinajstić information content (AvgIpc) is 2.73. The van der Waals surface area contributed by atoms with E-state index in [0.29, 0.717) is 28.3 Å². The van der Waals surface area contributed by atoms with Crippen LogP contribution in [-0.4, -0.2) is 22.8 Å². The van der Waals surface area contributed by atoms with Gasteiger partial charge in [-0.1, -0.05) is 12.1 Å². The van der Waals surface area contributed by atoms with Gasteiger partial charge in [-0.05, 0) is 42.0 Å². The van der Waals surface area contributed by atoms with Crippen LogP contribution in [0.15, 0.2) is 41.3 Å². The molecular formula is C14H14N4O3S. The molecule has 0 atom stereocenters. The third kappa shape index (κ3) is 2.28. The summed E-state index contributed by atoms with van der Waals surface area (Å²) in [5.41, 5.74) is 13.4. The van der Waals surface area contributed by atoms with Crippen LogP contribution in [0.3, 0.4) is 0 Å². The first-order valence-electron chi connectivity index (χ1n) is 6.39. The summed E-state index contributed by atoms with van der Waals surface area (Å²) in [6.07, 6.45) is 0. The van der Waals surface area contributed by atoms with E-state index >= 15 is 0 Å². The topological polar surface area (TPSA) is 124 Å². The van der Waals surface area contributed by atoms with Gasteiger partial charge in [-0.3, -0.25) is 4.55 Å². The molecule has 0 aliphatic carbocycles. The van der Waals surface area contributed by atoms with Gasteiger partial charge in [0.1, 0.15) is 0 Å². The normalized spacial score (nSPS) is 11.9. The zero-order valence-corrected chi connectivity index (χ0v) is 12.5. The number of hydrogen-bond donors (Lipinski definition) is 3. The largest absolute Gasteiger partial charge is 0.394 e. The molecule has 5 N–H and O–H groups in total. The summed E-state index contributed by atoms with van der Waals surface area (Å²) in [6, 6.07) is 9.70. The second kappa shape index (κ2) is 4.72. The number of benzene rings is 2. The van der Waals surface area contributed by atoms with Gasteiger partial charge in [-0.25, -0.2) is 4.68 Å². The molecule has 0 bridgehead atoms. The van der Waals surface area contributed by atoms with E-state index in [-0.39, 0.29) is 4.90 Å². The number of aryl methyl sites for hydroxylation is 1. The van der Waals surface area contributed by atoms with Gasteiger partial charge in [0.15, 0.2) is 5.82 Å². The minimum atomic E-state index is -4.25. The third-order valence-electron chi connectivity index (χ3n) is 3.48. The number of aromatic nitrogens is 2. The summed E-state index contributed by atoms with van der Waals surface area (Å²) < 4.78 is 33.1. The lowest BCUT2D eigenvalue weighted by molar-refractivity contribution is 0.483.